The molecule has 8 rings (SSSR count). The summed E-state index contributed by atoms with van der Waals surface area (Å²) >= 11 is 0. The van der Waals surface area contributed by atoms with Crippen molar-refractivity contribution in [2.45, 2.75) is 210 Å². The number of ketones is 2. The van der Waals surface area contributed by atoms with Crippen LogP contribution in [0.4, 0.5) is 9.59 Å². The predicted molar refractivity (Wildman–Crippen MR) is 314 cm³/mol. The molecule has 4 bridgehead atoms. The summed E-state index contributed by atoms with van der Waals surface area (Å²) in [4.78, 5) is 85.2. The first-order valence-corrected chi connectivity index (χ1v) is 31.7. The molecule has 0 aromatic heterocycles. The number of hydrogen-bond acceptors (Lipinski definition) is 13. The summed E-state index contributed by atoms with van der Waals surface area (Å²) in [5.41, 5.74) is -2.82. The van der Waals surface area contributed by atoms with E-state index in [0.717, 1.165) is 90.1 Å². The minimum atomic E-state index is -0.733. The summed E-state index contributed by atoms with van der Waals surface area (Å²) in [6.07, 6.45) is 18.2. The van der Waals surface area contributed by atoms with Gasteiger partial charge in [-0.3, -0.25) is 29.8 Å². The first-order valence-electron chi connectivity index (χ1n) is 31.7. The van der Waals surface area contributed by atoms with Gasteiger partial charge in [0.05, 0.1) is 24.0 Å². The van der Waals surface area contributed by atoms with Crippen LogP contribution in [0.3, 0.4) is 0 Å². The van der Waals surface area contributed by atoms with Crippen molar-refractivity contribution < 1.29 is 52.8 Å². The van der Waals surface area contributed by atoms with Crippen LogP contribution in [0.5, 0.6) is 0 Å². The van der Waals surface area contributed by atoms with Gasteiger partial charge < -0.3 is 33.9 Å². The Labute approximate surface area is 487 Å². The predicted octanol–water partition coefficient (Wildman–Crippen LogP) is 11.3. The maximum atomic E-state index is 13.9. The third-order valence-corrected chi connectivity index (χ3v) is 23.8. The number of alkyl carbamates (subject to hydrolysis) is 2. The van der Waals surface area contributed by atoms with Crippen molar-refractivity contribution in [3.63, 3.8) is 0 Å². The summed E-state index contributed by atoms with van der Waals surface area (Å²) in [7, 11) is 5.63. The highest BCUT2D eigenvalue weighted by atomic mass is 16.7. The number of nitrogens with zero attached hydrogens (tertiary/aromatic N) is 2. The lowest BCUT2D eigenvalue weighted by Gasteiger charge is -2.62. The largest absolute Gasteiger partial charge is 0.445 e. The van der Waals surface area contributed by atoms with Crippen molar-refractivity contribution in [1.29, 1.82) is 0 Å². The van der Waals surface area contributed by atoms with E-state index in [2.05, 4.69) is 128 Å². The molecule has 20 atom stereocenters. The van der Waals surface area contributed by atoms with Gasteiger partial charge in [0, 0.05) is 66.5 Å². The molecule has 0 spiro atoms. The number of piperidine rings is 2. The third kappa shape index (κ3) is 12.5. The Bertz CT molecular complexity index is 2330. The number of imide groups is 2. The first-order chi connectivity index (χ1) is 38.1. The number of hydrogen-bond donors (Lipinski definition) is 3. The number of aliphatic hydroxyl groups is 1. The van der Waals surface area contributed by atoms with Gasteiger partial charge in [-0.15, -0.1) is 0 Å². The molecule has 3 N–H and O–H groups in total. The van der Waals surface area contributed by atoms with Crippen molar-refractivity contribution >= 4 is 35.6 Å². The summed E-state index contributed by atoms with van der Waals surface area (Å²) in [6, 6.07) is 0. The lowest BCUT2D eigenvalue weighted by molar-refractivity contribution is -0.214. The van der Waals surface area contributed by atoms with E-state index in [1.165, 1.54) is 0 Å². The molecule has 4 unspecified atom stereocenters. The number of allylic oxidation sites excluding steroid dienone is 2. The number of carbonyl (C=O) groups excluding carboxylic acids is 6. The molecule has 8 fully saturated rings. The molecule has 6 saturated carbocycles. The van der Waals surface area contributed by atoms with E-state index >= 15 is 0 Å². The van der Waals surface area contributed by atoms with Gasteiger partial charge in [-0.05, 0) is 151 Å². The Balaban J connectivity index is 0.000000234. The van der Waals surface area contributed by atoms with Crippen LogP contribution >= 0.6 is 0 Å². The topological polar surface area (TPSA) is 190 Å². The molecule has 2 aliphatic heterocycles. The maximum Gasteiger partial charge on any atom is 0.414 e. The first kappa shape index (κ1) is 65.1. The normalized spacial score (nSPS) is 43.7. The van der Waals surface area contributed by atoms with Gasteiger partial charge in [0.25, 0.3) is 0 Å². The van der Waals surface area contributed by atoms with Crippen molar-refractivity contribution in [3.05, 3.63) is 24.3 Å². The van der Waals surface area contributed by atoms with Crippen molar-refractivity contribution in [3.8, 4) is 0 Å². The highest BCUT2D eigenvalue weighted by molar-refractivity contribution is 5.94. The summed E-state index contributed by atoms with van der Waals surface area (Å²) in [5.74, 6) is -0.360. The Kier molecular flexibility index (Phi) is 20.9. The van der Waals surface area contributed by atoms with Gasteiger partial charge in [-0.1, -0.05) is 120 Å². The molecule has 0 radical (unpaired) electrons. The van der Waals surface area contributed by atoms with E-state index in [1.807, 2.05) is 14.1 Å². The molecular weight excluding hydrogens is 1020 g/mol. The van der Waals surface area contributed by atoms with Crippen LogP contribution in [0.2, 0.25) is 0 Å². The summed E-state index contributed by atoms with van der Waals surface area (Å²) in [6.45, 7) is 29.1. The van der Waals surface area contributed by atoms with Gasteiger partial charge in [0.1, 0.15) is 30.6 Å². The zero-order valence-corrected chi connectivity index (χ0v) is 52.7. The molecule has 15 heteroatoms. The number of ether oxygens (including phenoxy) is 4. The zero-order chi connectivity index (χ0) is 59.6. The number of rotatable bonds is 13. The minimum Gasteiger partial charge on any atom is -0.445 e. The van der Waals surface area contributed by atoms with Crippen LogP contribution in [-0.4, -0.2) is 129 Å². The SMILES string of the molecule is CCCC=C[C@]1(C)C[C@@H](OC(=O)NC(=O)[C@H]2CN(C)CC[C@@H]2C)[C@@]2(C)C3C(=O)CCC3(CC[C@H]2C)[C@@H](C)[C@@H]1O.CCCC=C[C@]1(C)C[C@@H](OC(=O)NC(=O)[C@H]2CN(C)CC[C@@H]2C)[C@@]2(C)C3C(=O)CCC3(CC[C@H]2C)[C@@H](C)[C@@H]1OCOC. The van der Waals surface area contributed by atoms with E-state index < -0.39 is 52.2 Å². The van der Waals surface area contributed by atoms with Gasteiger partial charge >= 0.3 is 12.2 Å². The fraction of sp³-hybridized carbons (Fsp3) is 0.848. The quantitative estimate of drug-likeness (QED) is 0.117. The second kappa shape index (κ2) is 26.0. The second-order valence-electron chi connectivity index (χ2n) is 28.7. The smallest absolute Gasteiger partial charge is 0.414 e. The van der Waals surface area contributed by atoms with E-state index in [9.17, 15) is 33.9 Å². The monoisotopic (exact) mass is 1130 g/mol. The van der Waals surface area contributed by atoms with Crippen LogP contribution in [0, 0.1) is 91.7 Å². The number of aliphatic hydroxyl groups excluding tert-OH is 1. The Morgan fingerprint density at radius 1 is 0.630 bits per heavy atom. The van der Waals surface area contributed by atoms with Gasteiger partial charge in [-0.25, -0.2) is 9.59 Å². The van der Waals surface area contributed by atoms with E-state index in [1.54, 1.807) is 7.11 Å². The number of unbranched alkanes of at least 4 members (excludes halogenated alkanes) is 2. The average Bonchev–Trinajstić information content (AvgIpc) is 4.23. The summed E-state index contributed by atoms with van der Waals surface area (Å²) < 4.78 is 24.6. The number of amides is 4. The van der Waals surface area contributed by atoms with E-state index in [-0.39, 0.29) is 106 Å². The van der Waals surface area contributed by atoms with Gasteiger partial charge in [-0.2, -0.15) is 0 Å². The molecule has 458 valence electrons. The van der Waals surface area contributed by atoms with Crippen LogP contribution < -0.4 is 10.6 Å². The Morgan fingerprint density at radius 2 is 1.05 bits per heavy atom. The second-order valence-corrected chi connectivity index (χ2v) is 28.7. The average molecular weight is 1130 g/mol. The maximum absolute atomic E-state index is 13.9. The van der Waals surface area contributed by atoms with E-state index in [4.69, 9.17) is 18.9 Å². The van der Waals surface area contributed by atoms with Crippen LogP contribution in [-0.2, 0) is 38.1 Å². The number of methoxy groups -OCH3 is 1. The molecule has 15 nitrogen and oxygen atoms in total. The summed E-state index contributed by atoms with van der Waals surface area (Å²) in [5, 5.41) is 17.1. The standard InChI is InChI=1S/C34H56N2O6.C32H52N2O5/c1-9-10-11-15-32(5)19-27(42-31(39)35-30(38)25-20-36(7)18-14-22(25)2)33(6)23(3)12-16-34(17-13-26(37)28(33)34)24(4)29(32)41-21-40-8;1-8-9-10-14-30(5)18-25(39-29(38)33-28(37)23-19-34(7)17-13-20(23)2)31(6)21(3)11-15-32(22(4)27(30)36)16-12-24(35)26(31)32/h11,15,22-25,27-29H,9-10,12-14,16-21H2,1-8H3,(H,35,38,39);10,14,20-23,25-27,36H,8-9,11-13,15-19H2,1-7H3,(H,33,37,38)/t22-,23+,24-,25-,27+,28?,29-,32+,33-,34?;20-,21+,22-,23-,25+,26?,27-,30+,31-,32?/m00/s1. The highest BCUT2D eigenvalue weighted by Gasteiger charge is 2.70. The van der Waals surface area contributed by atoms with Gasteiger partial charge in [0.15, 0.2) is 0 Å². The minimum absolute atomic E-state index is 0.0572. The number of nitrogens with one attached hydrogen (secondary N) is 2. The van der Waals surface area contributed by atoms with E-state index in [0.29, 0.717) is 38.8 Å². The molecule has 8 aliphatic rings. The molecule has 81 heavy (non-hydrogen) atoms. The van der Waals surface area contributed by atoms with Crippen LogP contribution in [0.25, 0.3) is 0 Å². The molecule has 6 aliphatic carbocycles. The number of likely N-dealkylation sites (tertiary alicyclic amines) is 2. The molecule has 0 aromatic carbocycles. The lowest BCUT2D eigenvalue weighted by atomic mass is 9.44. The third-order valence-electron chi connectivity index (χ3n) is 23.8. The molecule has 2 heterocycles. The highest BCUT2D eigenvalue weighted by Crippen LogP contribution is 2.70. The van der Waals surface area contributed by atoms with Crippen molar-refractivity contribution in [1.82, 2.24) is 20.4 Å². The van der Waals surface area contributed by atoms with Crippen LogP contribution in [0.1, 0.15) is 186 Å². The Hall–Kier alpha value is -3.50. The lowest BCUT2D eigenvalue weighted by Crippen LogP contribution is -2.63. The fourth-order valence-electron chi connectivity index (χ4n) is 18.3. The molecular formula is C66H108N4O11. The Morgan fingerprint density at radius 3 is 1.48 bits per heavy atom. The molecule has 0 aromatic rings. The number of Topliss-reactive ketones (excluding diaryl/α,β-unsaturated/α-hetero) is 2. The van der Waals surface area contributed by atoms with Crippen LogP contribution in [0.15, 0.2) is 24.3 Å². The van der Waals surface area contributed by atoms with Crippen molar-refractivity contribution in [2.24, 2.45) is 91.7 Å². The molecule has 4 amide bonds. The zero-order valence-electron chi connectivity index (χ0n) is 52.7. The molecule has 2 saturated heterocycles. The number of carbonyl (C=O) groups is 6. The fourth-order valence-corrected chi connectivity index (χ4v) is 18.3. The van der Waals surface area contributed by atoms with Gasteiger partial charge in [0.2, 0.25) is 11.8 Å². The van der Waals surface area contributed by atoms with Crippen molar-refractivity contribution in [2.75, 3.05) is 54.2 Å².